The number of aryl methyl sites for hydroxylation is 3. The van der Waals surface area contributed by atoms with Gasteiger partial charge >= 0.3 is 0 Å². The van der Waals surface area contributed by atoms with E-state index in [1.807, 2.05) is 19.9 Å². The molecule has 4 heteroatoms. The number of nitrogens with one attached hydrogen (secondary N) is 1. The topological polar surface area (TPSA) is 50.9 Å². The van der Waals surface area contributed by atoms with Crippen LogP contribution >= 0.6 is 12.2 Å². The first-order chi connectivity index (χ1) is 9.47. The van der Waals surface area contributed by atoms with Crippen LogP contribution in [0.1, 0.15) is 28.1 Å². The van der Waals surface area contributed by atoms with E-state index in [1.165, 1.54) is 11.1 Å². The molecule has 0 aliphatic carbocycles. The number of nitrogens with zero attached hydrogens (tertiary/aromatic N) is 1. The lowest BCUT2D eigenvalue weighted by Crippen LogP contribution is -2.16. The molecule has 1 aromatic heterocycles. The number of nitrogens with two attached hydrogens (primary N) is 1. The van der Waals surface area contributed by atoms with E-state index in [4.69, 9.17) is 18.0 Å². The summed E-state index contributed by atoms with van der Waals surface area (Å²) in [6.07, 6.45) is 0. The molecule has 0 unspecified atom stereocenters. The van der Waals surface area contributed by atoms with Crippen molar-refractivity contribution in [3.05, 3.63) is 58.4 Å². The molecule has 0 amide bonds. The minimum absolute atomic E-state index is 0.377. The molecule has 0 bridgehead atoms. The predicted octanol–water partition coefficient (Wildman–Crippen LogP) is 3.25. The van der Waals surface area contributed by atoms with Gasteiger partial charge in [0.2, 0.25) is 0 Å². The normalized spacial score (nSPS) is 10.3. The van der Waals surface area contributed by atoms with Gasteiger partial charge in [-0.05, 0) is 32.4 Å². The van der Waals surface area contributed by atoms with Crippen molar-refractivity contribution in [3.8, 4) is 0 Å². The van der Waals surface area contributed by atoms with Crippen LogP contribution in [-0.2, 0) is 6.54 Å². The third kappa shape index (κ3) is 3.33. The minimum atomic E-state index is 0.377. The maximum Gasteiger partial charge on any atom is 0.107 e. The van der Waals surface area contributed by atoms with Gasteiger partial charge in [0.05, 0.1) is 5.56 Å². The lowest BCUT2D eigenvalue weighted by molar-refractivity contribution is 1.08. The molecule has 0 saturated heterocycles. The van der Waals surface area contributed by atoms with Crippen LogP contribution in [0.4, 0.5) is 5.69 Å². The quantitative estimate of drug-likeness (QED) is 0.847. The number of benzene rings is 1. The number of thiocarbonyl (C=S) groups is 1. The molecule has 3 nitrogen and oxygen atoms in total. The summed E-state index contributed by atoms with van der Waals surface area (Å²) in [6.45, 7) is 6.72. The van der Waals surface area contributed by atoms with Gasteiger partial charge in [-0.25, -0.2) is 0 Å². The molecule has 0 radical (unpaired) electrons. The zero-order valence-electron chi connectivity index (χ0n) is 12.0. The van der Waals surface area contributed by atoms with Gasteiger partial charge in [-0.1, -0.05) is 42.0 Å². The van der Waals surface area contributed by atoms with Crippen LogP contribution in [0.2, 0.25) is 0 Å². The lowest BCUT2D eigenvalue weighted by atomic mass is 10.1. The maximum atomic E-state index is 5.81. The molecule has 0 aliphatic rings. The van der Waals surface area contributed by atoms with E-state index in [0.29, 0.717) is 4.99 Å². The van der Waals surface area contributed by atoms with Crippen LogP contribution in [0.15, 0.2) is 30.3 Å². The fourth-order valence-corrected chi connectivity index (χ4v) is 2.56. The Morgan fingerprint density at radius 1 is 1.25 bits per heavy atom. The lowest BCUT2D eigenvalue weighted by Gasteiger charge is -2.14. The third-order valence-electron chi connectivity index (χ3n) is 3.14. The zero-order chi connectivity index (χ0) is 14.7. The summed E-state index contributed by atoms with van der Waals surface area (Å²) in [5.74, 6) is 0. The summed E-state index contributed by atoms with van der Waals surface area (Å²) in [5, 5.41) is 3.41. The van der Waals surface area contributed by atoms with Crippen LogP contribution in [0.25, 0.3) is 0 Å². The van der Waals surface area contributed by atoms with Crippen molar-refractivity contribution in [2.75, 3.05) is 5.32 Å². The molecular weight excluding hydrogens is 266 g/mol. The fraction of sp³-hybridized carbons (Fsp3) is 0.250. The van der Waals surface area contributed by atoms with E-state index in [1.54, 1.807) is 0 Å². The molecule has 0 fully saturated rings. The van der Waals surface area contributed by atoms with Gasteiger partial charge < -0.3 is 11.1 Å². The molecule has 1 aromatic carbocycles. The van der Waals surface area contributed by atoms with Crippen LogP contribution < -0.4 is 11.1 Å². The van der Waals surface area contributed by atoms with Crippen molar-refractivity contribution < 1.29 is 0 Å². The van der Waals surface area contributed by atoms with E-state index in [2.05, 4.69) is 41.5 Å². The number of anilines is 1. The summed E-state index contributed by atoms with van der Waals surface area (Å²) < 4.78 is 0. The van der Waals surface area contributed by atoms with Gasteiger partial charge in [0.1, 0.15) is 4.99 Å². The Morgan fingerprint density at radius 2 is 2.00 bits per heavy atom. The molecule has 2 rings (SSSR count). The highest BCUT2D eigenvalue weighted by molar-refractivity contribution is 7.80. The monoisotopic (exact) mass is 285 g/mol. The van der Waals surface area contributed by atoms with Gasteiger partial charge in [-0.2, -0.15) is 0 Å². The summed E-state index contributed by atoms with van der Waals surface area (Å²) in [4.78, 5) is 4.79. The SMILES string of the molecule is Cc1cccc(CNc2cc(C)nc(C)c2C(N)=S)c1. The second-order valence-corrected chi connectivity index (χ2v) is 5.42. The largest absolute Gasteiger partial charge is 0.389 e. The molecule has 20 heavy (non-hydrogen) atoms. The second kappa shape index (κ2) is 6.01. The van der Waals surface area contributed by atoms with Crippen LogP contribution in [-0.4, -0.2) is 9.97 Å². The molecule has 2 aromatic rings. The van der Waals surface area contributed by atoms with E-state index in [0.717, 1.165) is 29.2 Å². The highest BCUT2D eigenvalue weighted by atomic mass is 32.1. The third-order valence-corrected chi connectivity index (χ3v) is 3.34. The summed E-state index contributed by atoms with van der Waals surface area (Å²) in [7, 11) is 0. The first-order valence-electron chi connectivity index (χ1n) is 6.55. The highest BCUT2D eigenvalue weighted by Gasteiger charge is 2.10. The van der Waals surface area contributed by atoms with Crippen molar-refractivity contribution in [1.29, 1.82) is 0 Å². The Morgan fingerprint density at radius 3 is 2.65 bits per heavy atom. The minimum Gasteiger partial charge on any atom is -0.389 e. The van der Waals surface area contributed by atoms with E-state index in [-0.39, 0.29) is 0 Å². The average Bonchev–Trinajstić information content (AvgIpc) is 2.35. The van der Waals surface area contributed by atoms with Gasteiger partial charge in [0.25, 0.3) is 0 Å². The molecule has 3 N–H and O–H groups in total. The van der Waals surface area contributed by atoms with E-state index >= 15 is 0 Å². The van der Waals surface area contributed by atoms with Crippen LogP contribution in [0.3, 0.4) is 0 Å². The van der Waals surface area contributed by atoms with Crippen molar-refractivity contribution in [3.63, 3.8) is 0 Å². The first-order valence-corrected chi connectivity index (χ1v) is 6.95. The first kappa shape index (κ1) is 14.5. The Balaban J connectivity index is 2.27. The van der Waals surface area contributed by atoms with Crippen LogP contribution in [0, 0.1) is 20.8 Å². The Labute approximate surface area is 125 Å². The van der Waals surface area contributed by atoms with Crippen LogP contribution in [0.5, 0.6) is 0 Å². The smallest absolute Gasteiger partial charge is 0.107 e. The van der Waals surface area contributed by atoms with Crippen molar-refractivity contribution >= 4 is 22.9 Å². The van der Waals surface area contributed by atoms with Crippen molar-refractivity contribution in [2.24, 2.45) is 5.73 Å². The summed E-state index contributed by atoms with van der Waals surface area (Å²) in [6, 6.07) is 10.4. The molecule has 0 aliphatic heterocycles. The van der Waals surface area contributed by atoms with E-state index in [9.17, 15) is 0 Å². The molecular formula is C16H19N3S. The van der Waals surface area contributed by atoms with Gasteiger partial charge in [-0.15, -0.1) is 0 Å². The maximum absolute atomic E-state index is 5.81. The summed E-state index contributed by atoms with van der Waals surface area (Å²) in [5.41, 5.74) is 11.9. The molecule has 0 saturated carbocycles. The van der Waals surface area contributed by atoms with Gasteiger partial charge in [-0.3, -0.25) is 4.98 Å². The standard InChI is InChI=1S/C16H19N3S/c1-10-5-4-6-13(7-10)9-18-14-8-11(2)19-12(3)15(14)16(17)20/h4-8H,9H2,1-3H3,(H2,17,20)(H,18,19). The second-order valence-electron chi connectivity index (χ2n) is 4.98. The number of rotatable bonds is 4. The zero-order valence-corrected chi connectivity index (χ0v) is 12.8. The predicted molar refractivity (Wildman–Crippen MR) is 88.1 cm³/mol. The number of hydrogen-bond donors (Lipinski definition) is 2. The van der Waals surface area contributed by atoms with Crippen molar-refractivity contribution in [2.45, 2.75) is 27.3 Å². The number of aromatic nitrogens is 1. The highest BCUT2D eigenvalue weighted by Crippen LogP contribution is 2.20. The average molecular weight is 285 g/mol. The Kier molecular flexibility index (Phi) is 4.35. The number of hydrogen-bond acceptors (Lipinski definition) is 3. The Bertz CT molecular complexity index is 650. The summed E-state index contributed by atoms with van der Waals surface area (Å²) >= 11 is 5.13. The van der Waals surface area contributed by atoms with Crippen molar-refractivity contribution in [1.82, 2.24) is 4.98 Å². The molecule has 104 valence electrons. The van der Waals surface area contributed by atoms with E-state index < -0.39 is 0 Å². The van der Waals surface area contributed by atoms with Gasteiger partial charge in [0, 0.05) is 23.6 Å². The molecule has 1 heterocycles. The Hall–Kier alpha value is -1.94. The molecule has 0 spiro atoms. The van der Waals surface area contributed by atoms with Gasteiger partial charge in [0.15, 0.2) is 0 Å². The molecule has 0 atom stereocenters. The number of pyridine rings is 1. The fourth-order valence-electron chi connectivity index (χ4n) is 2.30.